The largest absolute Gasteiger partial charge is 0.469 e. The minimum Gasteiger partial charge on any atom is -0.469 e. The van der Waals surface area contributed by atoms with Crippen LogP contribution in [0.25, 0.3) is 11.3 Å². The molecular weight excluding hydrogens is 483 g/mol. The maximum absolute atomic E-state index is 15.1. The van der Waals surface area contributed by atoms with Crippen LogP contribution < -0.4 is 20.3 Å². The van der Waals surface area contributed by atoms with E-state index in [1.54, 1.807) is 18.1 Å². The van der Waals surface area contributed by atoms with Crippen molar-refractivity contribution in [1.29, 1.82) is 0 Å². The SMILES string of the molecule is CNC(=O)Nc1ccc(-c2nc(N3CCOC[C@@H]3C)nc3c2C(=O)N(CCOC)CC(C)(C)O3)cc1F. The van der Waals surface area contributed by atoms with Crippen molar-refractivity contribution >= 4 is 23.6 Å². The molecule has 0 unspecified atom stereocenters. The highest BCUT2D eigenvalue weighted by Crippen LogP contribution is 2.37. The first-order valence-electron chi connectivity index (χ1n) is 12.2. The van der Waals surface area contributed by atoms with Gasteiger partial charge in [-0.1, -0.05) is 6.07 Å². The van der Waals surface area contributed by atoms with E-state index in [2.05, 4.69) is 15.6 Å². The molecular formula is C25H33FN6O5. The summed E-state index contributed by atoms with van der Waals surface area (Å²) in [5, 5.41) is 4.82. The van der Waals surface area contributed by atoms with Gasteiger partial charge in [-0.05, 0) is 32.9 Å². The quantitative estimate of drug-likeness (QED) is 0.602. The number of hydrogen-bond acceptors (Lipinski definition) is 8. The summed E-state index contributed by atoms with van der Waals surface area (Å²) in [6.45, 7) is 8.30. The van der Waals surface area contributed by atoms with Crippen molar-refractivity contribution < 1.29 is 28.2 Å². The number of hydrogen-bond donors (Lipinski definition) is 2. The van der Waals surface area contributed by atoms with Crippen molar-refractivity contribution in [3.63, 3.8) is 0 Å². The number of methoxy groups -OCH3 is 1. The number of nitrogens with one attached hydrogen (secondary N) is 2. The Kier molecular flexibility index (Phi) is 7.79. The van der Waals surface area contributed by atoms with E-state index in [-0.39, 0.29) is 34.8 Å². The minimum absolute atomic E-state index is 0.00398. The van der Waals surface area contributed by atoms with Crippen LogP contribution in [-0.4, -0.2) is 92.1 Å². The summed E-state index contributed by atoms with van der Waals surface area (Å²) >= 11 is 0. The first-order chi connectivity index (χ1) is 17.6. The number of amides is 3. The Labute approximate surface area is 215 Å². The van der Waals surface area contributed by atoms with Crippen LogP contribution in [-0.2, 0) is 9.47 Å². The Balaban J connectivity index is 1.88. The Hall–Kier alpha value is -3.51. The van der Waals surface area contributed by atoms with Crippen LogP contribution >= 0.6 is 0 Å². The summed E-state index contributed by atoms with van der Waals surface area (Å²) in [6.07, 6.45) is 0. The average molecular weight is 517 g/mol. The fourth-order valence-corrected chi connectivity index (χ4v) is 4.37. The molecule has 1 aromatic carbocycles. The lowest BCUT2D eigenvalue weighted by molar-refractivity contribution is 0.0448. The molecule has 11 nitrogen and oxygen atoms in total. The van der Waals surface area contributed by atoms with E-state index in [0.717, 1.165) is 0 Å². The van der Waals surface area contributed by atoms with E-state index >= 15 is 4.39 Å². The molecule has 0 radical (unpaired) electrons. The van der Waals surface area contributed by atoms with Gasteiger partial charge in [-0.2, -0.15) is 4.98 Å². The summed E-state index contributed by atoms with van der Waals surface area (Å²) in [5.74, 6) is -0.497. The van der Waals surface area contributed by atoms with E-state index in [1.807, 2.05) is 25.7 Å². The molecule has 0 spiro atoms. The number of urea groups is 1. The summed E-state index contributed by atoms with van der Waals surface area (Å²) in [5.41, 5.74) is -0.00691. The minimum atomic E-state index is -0.749. The first kappa shape index (κ1) is 26.6. The van der Waals surface area contributed by atoms with Gasteiger partial charge in [0.1, 0.15) is 17.0 Å². The molecule has 0 saturated carbocycles. The predicted molar refractivity (Wildman–Crippen MR) is 136 cm³/mol. The van der Waals surface area contributed by atoms with Gasteiger partial charge in [-0.3, -0.25) is 4.79 Å². The van der Waals surface area contributed by atoms with Crippen LogP contribution in [0.1, 0.15) is 31.1 Å². The molecule has 1 fully saturated rings. The second-order valence-corrected chi connectivity index (χ2v) is 9.65. The second-order valence-electron chi connectivity index (χ2n) is 9.65. The smallest absolute Gasteiger partial charge is 0.319 e. The Morgan fingerprint density at radius 1 is 1.32 bits per heavy atom. The van der Waals surface area contributed by atoms with Crippen LogP contribution in [0.4, 0.5) is 20.8 Å². The maximum Gasteiger partial charge on any atom is 0.319 e. The summed E-state index contributed by atoms with van der Waals surface area (Å²) in [6, 6.07) is 3.71. The number of carbonyl (C=O) groups excluding carboxylic acids is 2. The van der Waals surface area contributed by atoms with Gasteiger partial charge >= 0.3 is 6.03 Å². The summed E-state index contributed by atoms with van der Waals surface area (Å²) < 4.78 is 32.1. The molecule has 2 aliphatic rings. The van der Waals surface area contributed by atoms with Gasteiger partial charge in [0.2, 0.25) is 11.8 Å². The highest BCUT2D eigenvalue weighted by atomic mass is 19.1. The van der Waals surface area contributed by atoms with Gasteiger partial charge in [0.15, 0.2) is 0 Å². The number of rotatable bonds is 6. The molecule has 1 aromatic heterocycles. The zero-order valence-corrected chi connectivity index (χ0v) is 21.8. The molecule has 200 valence electrons. The van der Waals surface area contributed by atoms with E-state index in [9.17, 15) is 9.59 Å². The van der Waals surface area contributed by atoms with E-state index in [1.165, 1.54) is 19.2 Å². The van der Waals surface area contributed by atoms with Crippen molar-refractivity contribution in [3.8, 4) is 17.1 Å². The number of benzene rings is 1. The number of carbonyl (C=O) groups is 2. The third kappa shape index (κ3) is 5.75. The molecule has 4 rings (SSSR count). The van der Waals surface area contributed by atoms with Crippen LogP contribution in [0.3, 0.4) is 0 Å². The Morgan fingerprint density at radius 3 is 2.78 bits per heavy atom. The molecule has 2 N–H and O–H groups in total. The van der Waals surface area contributed by atoms with Gasteiger partial charge in [0.25, 0.3) is 5.91 Å². The highest BCUT2D eigenvalue weighted by molar-refractivity contribution is 6.03. The van der Waals surface area contributed by atoms with E-state index < -0.39 is 17.4 Å². The predicted octanol–water partition coefficient (Wildman–Crippen LogP) is 2.52. The van der Waals surface area contributed by atoms with Crippen LogP contribution in [0, 0.1) is 5.82 Å². The van der Waals surface area contributed by atoms with Crippen LogP contribution in [0.2, 0.25) is 0 Å². The molecule has 1 atom stereocenters. The fourth-order valence-electron chi connectivity index (χ4n) is 4.37. The molecule has 37 heavy (non-hydrogen) atoms. The standard InChI is InChI=1S/C25H33FN6O5/c1-15-13-36-11-9-32(15)23-29-20(16-6-7-18(17(26)12-16)28-24(34)27-4)19-21(30-23)37-25(2,3)14-31(22(19)33)8-10-35-5/h6-7,12,15H,8-11,13-14H2,1-5H3,(H2,27,28,34)/t15-/m0/s1. The zero-order valence-electron chi connectivity index (χ0n) is 21.8. The van der Waals surface area contributed by atoms with Gasteiger partial charge in [-0.15, -0.1) is 0 Å². The van der Waals surface area contributed by atoms with E-state index in [0.29, 0.717) is 51.0 Å². The lowest BCUT2D eigenvalue weighted by Gasteiger charge is -2.34. The third-order valence-electron chi connectivity index (χ3n) is 6.22. The normalized spacial score (nSPS) is 19.1. The Morgan fingerprint density at radius 2 is 2.11 bits per heavy atom. The van der Waals surface area contributed by atoms with Crippen LogP contribution in [0.15, 0.2) is 18.2 Å². The third-order valence-corrected chi connectivity index (χ3v) is 6.22. The van der Waals surface area contributed by atoms with Crippen molar-refractivity contribution in [3.05, 3.63) is 29.6 Å². The lowest BCUT2D eigenvalue weighted by Crippen LogP contribution is -2.44. The van der Waals surface area contributed by atoms with Gasteiger partial charge in [0.05, 0.1) is 43.8 Å². The highest BCUT2D eigenvalue weighted by Gasteiger charge is 2.38. The van der Waals surface area contributed by atoms with Crippen molar-refractivity contribution in [2.45, 2.75) is 32.4 Å². The molecule has 2 aliphatic heterocycles. The zero-order chi connectivity index (χ0) is 26.7. The van der Waals surface area contributed by atoms with Crippen molar-refractivity contribution in [2.75, 3.05) is 63.8 Å². The molecule has 0 aliphatic carbocycles. The number of morpholine rings is 1. The summed E-state index contributed by atoms with van der Waals surface area (Å²) in [4.78, 5) is 38.6. The van der Waals surface area contributed by atoms with Gasteiger partial charge in [0, 0.05) is 32.8 Å². The summed E-state index contributed by atoms with van der Waals surface area (Å²) in [7, 11) is 3.01. The number of fused-ring (bicyclic) bond motifs is 1. The fraction of sp³-hybridized carbons (Fsp3) is 0.520. The van der Waals surface area contributed by atoms with Crippen LogP contribution in [0.5, 0.6) is 5.88 Å². The second kappa shape index (κ2) is 10.9. The van der Waals surface area contributed by atoms with E-state index in [4.69, 9.17) is 19.2 Å². The number of ether oxygens (including phenoxy) is 3. The molecule has 1 saturated heterocycles. The average Bonchev–Trinajstić information content (AvgIpc) is 2.96. The molecule has 12 heteroatoms. The monoisotopic (exact) mass is 516 g/mol. The first-order valence-corrected chi connectivity index (χ1v) is 12.2. The number of anilines is 2. The van der Waals surface area contributed by atoms with Crippen molar-refractivity contribution in [1.82, 2.24) is 20.2 Å². The Bertz CT molecular complexity index is 1180. The van der Waals surface area contributed by atoms with Gasteiger partial charge < -0.3 is 34.6 Å². The maximum atomic E-state index is 15.1. The van der Waals surface area contributed by atoms with Crippen molar-refractivity contribution in [2.24, 2.45) is 0 Å². The molecule has 3 amide bonds. The molecule has 3 heterocycles. The lowest BCUT2D eigenvalue weighted by atomic mass is 10.0. The molecule has 0 bridgehead atoms. The van der Waals surface area contributed by atoms with Gasteiger partial charge in [-0.25, -0.2) is 14.2 Å². The number of aromatic nitrogens is 2. The number of halogens is 1. The number of nitrogens with zero attached hydrogens (tertiary/aromatic N) is 4. The molecule has 2 aromatic rings. The topological polar surface area (TPSA) is 118 Å².